The van der Waals surface area contributed by atoms with Crippen LogP contribution < -0.4 is 5.73 Å². The first-order valence-corrected chi connectivity index (χ1v) is 38.4. The Labute approximate surface area is 543 Å². The number of carbonyl (C=O) groups is 2. The largest absolute Gasteiger partial charge is 0.472 e. The van der Waals surface area contributed by atoms with Gasteiger partial charge in [-0.25, -0.2) is 4.57 Å². The molecule has 0 saturated heterocycles. The molecular formula is C78H138NO8P. The fourth-order valence-corrected chi connectivity index (χ4v) is 11.3. The Bertz CT molecular complexity index is 1810. The predicted octanol–water partition coefficient (Wildman–Crippen LogP) is 24.5. The molecule has 0 aliphatic carbocycles. The lowest BCUT2D eigenvalue weighted by Crippen LogP contribution is -2.29. The molecule has 0 spiro atoms. The molecule has 0 bridgehead atoms. The summed E-state index contributed by atoms with van der Waals surface area (Å²) >= 11 is 0. The van der Waals surface area contributed by atoms with E-state index in [9.17, 15) is 19.0 Å². The van der Waals surface area contributed by atoms with Gasteiger partial charge in [-0.3, -0.25) is 18.6 Å². The number of carbonyl (C=O) groups excluding carboxylic acids is 2. The Balaban J connectivity index is 3.91. The maximum atomic E-state index is 12.8. The van der Waals surface area contributed by atoms with Crippen molar-refractivity contribution in [2.24, 2.45) is 5.73 Å². The molecule has 508 valence electrons. The van der Waals surface area contributed by atoms with Gasteiger partial charge in [0, 0.05) is 19.4 Å². The van der Waals surface area contributed by atoms with Crippen LogP contribution in [0.4, 0.5) is 0 Å². The number of rotatable bonds is 69. The van der Waals surface area contributed by atoms with Crippen LogP contribution in [-0.4, -0.2) is 49.3 Å². The Kier molecular flexibility index (Phi) is 70.0. The average molecular weight is 1250 g/mol. The van der Waals surface area contributed by atoms with Crippen molar-refractivity contribution < 1.29 is 37.6 Å². The second kappa shape index (κ2) is 72.7. The second-order valence-electron chi connectivity index (χ2n) is 24.4. The van der Waals surface area contributed by atoms with Crippen LogP contribution in [0.25, 0.3) is 0 Å². The number of esters is 2. The summed E-state index contributed by atoms with van der Waals surface area (Å²) in [5.41, 5.74) is 5.40. The van der Waals surface area contributed by atoms with E-state index in [0.717, 1.165) is 109 Å². The maximum Gasteiger partial charge on any atom is 0.472 e. The lowest BCUT2D eigenvalue weighted by Gasteiger charge is -2.19. The number of allylic oxidation sites excluding steroid dienone is 18. The van der Waals surface area contributed by atoms with Gasteiger partial charge in [-0.2, -0.15) is 0 Å². The lowest BCUT2D eigenvalue weighted by atomic mass is 10.0. The number of unbranched alkanes of at least 4 members (excludes halogenated alkanes) is 38. The van der Waals surface area contributed by atoms with E-state index >= 15 is 0 Å². The fourth-order valence-electron chi connectivity index (χ4n) is 10.5. The van der Waals surface area contributed by atoms with Crippen molar-refractivity contribution in [3.63, 3.8) is 0 Å². The smallest absolute Gasteiger partial charge is 0.462 e. The van der Waals surface area contributed by atoms with Gasteiger partial charge in [0.05, 0.1) is 13.2 Å². The molecule has 0 fully saturated rings. The highest BCUT2D eigenvalue weighted by Gasteiger charge is 2.26. The molecule has 0 rings (SSSR count). The number of ether oxygens (including phenoxy) is 2. The molecule has 0 aromatic heterocycles. The number of nitrogens with two attached hydrogens (primary N) is 1. The van der Waals surface area contributed by atoms with Crippen LogP contribution >= 0.6 is 7.82 Å². The first kappa shape index (κ1) is 84.7. The zero-order valence-corrected chi connectivity index (χ0v) is 58.1. The van der Waals surface area contributed by atoms with Crippen LogP contribution in [0.5, 0.6) is 0 Å². The minimum absolute atomic E-state index is 0.0459. The molecule has 2 unspecified atom stereocenters. The molecule has 88 heavy (non-hydrogen) atoms. The molecular weight excluding hydrogens is 1110 g/mol. The fraction of sp³-hybridized carbons (Fsp3) is 0.744. The van der Waals surface area contributed by atoms with Gasteiger partial charge >= 0.3 is 19.8 Å². The van der Waals surface area contributed by atoms with Crippen LogP contribution in [0.2, 0.25) is 0 Å². The third-order valence-electron chi connectivity index (χ3n) is 15.9. The van der Waals surface area contributed by atoms with Crippen LogP contribution in [-0.2, 0) is 32.7 Å². The Hall–Kier alpha value is -3.33. The van der Waals surface area contributed by atoms with Gasteiger partial charge in [0.2, 0.25) is 0 Å². The summed E-state index contributed by atoms with van der Waals surface area (Å²) in [5.74, 6) is -0.843. The normalized spacial score (nSPS) is 13.5. The molecule has 3 N–H and O–H groups in total. The monoisotopic (exact) mass is 1250 g/mol. The van der Waals surface area contributed by atoms with Crippen LogP contribution in [0.15, 0.2) is 109 Å². The van der Waals surface area contributed by atoms with Crippen molar-refractivity contribution in [3.05, 3.63) is 109 Å². The van der Waals surface area contributed by atoms with Crippen LogP contribution in [0.3, 0.4) is 0 Å². The highest BCUT2D eigenvalue weighted by Crippen LogP contribution is 2.43. The highest BCUT2D eigenvalue weighted by molar-refractivity contribution is 7.47. The third-order valence-corrected chi connectivity index (χ3v) is 16.9. The quantitative estimate of drug-likeness (QED) is 0.0264. The molecule has 2 atom stereocenters. The van der Waals surface area contributed by atoms with Crippen LogP contribution in [0.1, 0.15) is 341 Å². The molecule has 10 heteroatoms. The van der Waals surface area contributed by atoms with Crippen LogP contribution in [0, 0.1) is 0 Å². The molecule has 0 aliphatic rings. The zero-order valence-electron chi connectivity index (χ0n) is 57.2. The summed E-state index contributed by atoms with van der Waals surface area (Å²) in [4.78, 5) is 35.4. The van der Waals surface area contributed by atoms with E-state index < -0.39 is 26.5 Å². The van der Waals surface area contributed by atoms with Gasteiger partial charge < -0.3 is 20.1 Å². The second-order valence-corrected chi connectivity index (χ2v) is 25.9. The van der Waals surface area contributed by atoms with E-state index in [0.29, 0.717) is 6.42 Å². The van der Waals surface area contributed by atoms with Crippen molar-refractivity contribution >= 4 is 19.8 Å². The van der Waals surface area contributed by atoms with E-state index in [-0.39, 0.29) is 38.6 Å². The molecule has 0 saturated carbocycles. The highest BCUT2D eigenvalue weighted by atomic mass is 31.2. The number of hydrogen-bond acceptors (Lipinski definition) is 8. The molecule has 9 nitrogen and oxygen atoms in total. The van der Waals surface area contributed by atoms with Crippen molar-refractivity contribution in [1.82, 2.24) is 0 Å². The van der Waals surface area contributed by atoms with Gasteiger partial charge in [-0.1, -0.05) is 354 Å². The van der Waals surface area contributed by atoms with Gasteiger partial charge in [0.25, 0.3) is 0 Å². The third kappa shape index (κ3) is 71.7. The van der Waals surface area contributed by atoms with Gasteiger partial charge in [-0.15, -0.1) is 0 Å². The van der Waals surface area contributed by atoms with Crippen molar-refractivity contribution in [2.75, 3.05) is 26.4 Å². The minimum Gasteiger partial charge on any atom is -0.462 e. The van der Waals surface area contributed by atoms with E-state index in [1.165, 1.54) is 199 Å². The van der Waals surface area contributed by atoms with Gasteiger partial charge in [0.15, 0.2) is 6.10 Å². The zero-order chi connectivity index (χ0) is 63.7. The molecule has 0 aliphatic heterocycles. The predicted molar refractivity (Wildman–Crippen MR) is 381 cm³/mol. The van der Waals surface area contributed by atoms with Crippen molar-refractivity contribution in [2.45, 2.75) is 347 Å². The first-order chi connectivity index (χ1) is 43.3. The Morgan fingerprint density at radius 3 is 0.932 bits per heavy atom. The molecule has 0 radical (unpaired) electrons. The lowest BCUT2D eigenvalue weighted by molar-refractivity contribution is -0.161. The summed E-state index contributed by atoms with van der Waals surface area (Å²) < 4.78 is 33.2. The molecule has 0 aromatic rings. The van der Waals surface area contributed by atoms with E-state index in [1.54, 1.807) is 0 Å². The van der Waals surface area contributed by atoms with Gasteiger partial charge in [-0.05, 0) is 83.5 Å². The summed E-state index contributed by atoms with van der Waals surface area (Å²) in [5, 5.41) is 0. The summed E-state index contributed by atoms with van der Waals surface area (Å²) in [7, 11) is -4.41. The Morgan fingerprint density at radius 2 is 0.625 bits per heavy atom. The average Bonchev–Trinajstić information content (AvgIpc) is 3.53. The number of phosphoric acid groups is 1. The topological polar surface area (TPSA) is 134 Å². The number of hydrogen-bond donors (Lipinski definition) is 2. The van der Waals surface area contributed by atoms with Crippen molar-refractivity contribution in [3.8, 4) is 0 Å². The maximum absolute atomic E-state index is 12.8. The van der Waals surface area contributed by atoms with Gasteiger partial charge in [0.1, 0.15) is 6.61 Å². The molecule has 0 amide bonds. The molecule has 0 heterocycles. The van der Waals surface area contributed by atoms with E-state index in [2.05, 4.69) is 123 Å². The minimum atomic E-state index is -4.41. The summed E-state index contributed by atoms with van der Waals surface area (Å²) in [6.07, 6.45) is 101. The number of phosphoric ester groups is 1. The Morgan fingerprint density at radius 1 is 0.352 bits per heavy atom. The summed E-state index contributed by atoms with van der Waals surface area (Å²) in [6.45, 7) is 3.65. The van der Waals surface area contributed by atoms with E-state index in [1.807, 2.05) is 0 Å². The molecule has 0 aromatic carbocycles. The summed E-state index contributed by atoms with van der Waals surface area (Å²) in [6, 6.07) is 0. The standard InChI is InChI=1S/C78H138NO8P/c1-3-5-7-9-11-13-15-17-19-21-23-25-27-29-31-33-35-37-39-40-42-44-46-48-50-52-54-56-58-60-62-64-66-68-70-77(80)84-74-76(75-86-88(82,83)85-73-72-79)87-78(81)71-69-67-65-63-61-59-57-55-53-51-49-47-45-43-41-38-36-34-32-30-28-26-24-22-20-18-16-14-12-10-8-6-4-2/h6,8,12,14,18,20,24,26,30,32,36,38,43,45,49,51,55,57,76H,3-5,7,9-11,13,15-17,19,21-23,25,27-29,31,33-35,37,39-42,44,46-48,50,52-54,56,58-75,79H2,1-2H3,(H,82,83)/b8-6-,14-12-,20-18-,26-24-,32-30-,38-36-,45-43-,51-49-,57-55-. The van der Waals surface area contributed by atoms with Crippen molar-refractivity contribution in [1.29, 1.82) is 0 Å². The SMILES string of the molecule is CC/C=C\C/C=C\C/C=C\C/C=C\C/C=C\C/C=C\C/C=C\C/C=C\C/C=C\CCCCCCCC(=O)OC(COC(=O)CCCCCCCCCCCCCCCCCCCCCCCCCCCCCCCCCCCC)COP(=O)(O)OCCN. The first-order valence-electron chi connectivity index (χ1n) is 36.9. The van der Waals surface area contributed by atoms with E-state index in [4.69, 9.17) is 24.3 Å².